The molecule has 0 aromatic carbocycles. The van der Waals surface area contributed by atoms with E-state index in [1.807, 2.05) is 13.8 Å². The standard InChI is InChI=1S/C9H15NO4/c1-5(2)3-6-7(4-8(11)12)14-9(13)10-6/h5-7H,3-4H2,1-2H3,(H,10,13)(H,11,12)/t6-,7-/m0/s1. The van der Waals surface area contributed by atoms with Crippen LogP contribution in [0.3, 0.4) is 0 Å². The van der Waals surface area contributed by atoms with Crippen molar-refractivity contribution in [3.63, 3.8) is 0 Å². The summed E-state index contributed by atoms with van der Waals surface area (Å²) in [5.74, 6) is -0.543. The van der Waals surface area contributed by atoms with Gasteiger partial charge in [-0.3, -0.25) is 4.79 Å². The van der Waals surface area contributed by atoms with Crippen LogP contribution < -0.4 is 5.32 Å². The molecule has 1 aliphatic rings. The van der Waals surface area contributed by atoms with Crippen molar-refractivity contribution in [2.45, 2.75) is 38.8 Å². The molecule has 1 rings (SSSR count). The Hall–Kier alpha value is -1.26. The van der Waals surface area contributed by atoms with Crippen LogP contribution >= 0.6 is 0 Å². The number of hydrogen-bond acceptors (Lipinski definition) is 3. The van der Waals surface area contributed by atoms with Crippen LogP contribution in [0.15, 0.2) is 0 Å². The van der Waals surface area contributed by atoms with Crippen molar-refractivity contribution in [2.24, 2.45) is 5.92 Å². The van der Waals surface area contributed by atoms with Crippen LogP contribution in [-0.4, -0.2) is 29.3 Å². The van der Waals surface area contributed by atoms with Gasteiger partial charge in [0.25, 0.3) is 0 Å². The fourth-order valence-corrected chi connectivity index (χ4v) is 1.57. The predicted molar refractivity (Wildman–Crippen MR) is 48.9 cm³/mol. The lowest BCUT2D eigenvalue weighted by atomic mass is 9.98. The van der Waals surface area contributed by atoms with Crippen molar-refractivity contribution in [1.82, 2.24) is 5.32 Å². The Morgan fingerprint density at radius 2 is 2.29 bits per heavy atom. The summed E-state index contributed by atoms with van der Waals surface area (Å²) in [7, 11) is 0. The van der Waals surface area contributed by atoms with Crippen molar-refractivity contribution in [3.05, 3.63) is 0 Å². The molecule has 1 saturated heterocycles. The second-order valence-electron chi connectivity index (χ2n) is 3.92. The fourth-order valence-electron chi connectivity index (χ4n) is 1.57. The van der Waals surface area contributed by atoms with Crippen LogP contribution in [0.5, 0.6) is 0 Å². The molecule has 0 aromatic rings. The topological polar surface area (TPSA) is 75.6 Å². The zero-order valence-corrected chi connectivity index (χ0v) is 8.32. The number of hydrogen-bond donors (Lipinski definition) is 2. The van der Waals surface area contributed by atoms with E-state index in [-0.39, 0.29) is 12.5 Å². The number of alkyl carbamates (subject to hydrolysis) is 1. The molecule has 0 spiro atoms. The molecule has 2 N–H and O–H groups in total. The molecule has 0 radical (unpaired) electrons. The maximum Gasteiger partial charge on any atom is 0.407 e. The lowest BCUT2D eigenvalue weighted by Crippen LogP contribution is -2.34. The average molecular weight is 201 g/mol. The third-order valence-corrected chi connectivity index (χ3v) is 2.11. The van der Waals surface area contributed by atoms with Crippen molar-refractivity contribution in [1.29, 1.82) is 0 Å². The normalized spacial score (nSPS) is 26.1. The number of carbonyl (C=O) groups excluding carboxylic acids is 1. The number of aliphatic carboxylic acids is 1. The van der Waals surface area contributed by atoms with Gasteiger partial charge in [-0.2, -0.15) is 0 Å². The van der Waals surface area contributed by atoms with Gasteiger partial charge >= 0.3 is 12.1 Å². The minimum absolute atomic E-state index is 0.129. The Kier molecular flexibility index (Phi) is 3.33. The highest BCUT2D eigenvalue weighted by atomic mass is 16.6. The molecule has 1 fully saturated rings. The van der Waals surface area contributed by atoms with Crippen LogP contribution in [-0.2, 0) is 9.53 Å². The highest BCUT2D eigenvalue weighted by molar-refractivity contribution is 5.73. The van der Waals surface area contributed by atoms with Gasteiger partial charge in [-0.05, 0) is 12.3 Å². The largest absolute Gasteiger partial charge is 0.481 e. The van der Waals surface area contributed by atoms with E-state index in [1.165, 1.54) is 0 Å². The van der Waals surface area contributed by atoms with Gasteiger partial charge in [-0.25, -0.2) is 4.79 Å². The quantitative estimate of drug-likeness (QED) is 0.711. The number of carbonyl (C=O) groups is 2. The summed E-state index contributed by atoms with van der Waals surface area (Å²) in [5.41, 5.74) is 0. The summed E-state index contributed by atoms with van der Waals surface area (Å²) in [6.07, 6.45) is -0.427. The highest BCUT2D eigenvalue weighted by Gasteiger charge is 2.35. The summed E-state index contributed by atoms with van der Waals surface area (Å²) in [4.78, 5) is 21.4. The molecule has 0 bridgehead atoms. The smallest absolute Gasteiger partial charge is 0.407 e. The first-order valence-electron chi connectivity index (χ1n) is 4.68. The van der Waals surface area contributed by atoms with E-state index in [9.17, 15) is 9.59 Å². The molecule has 0 saturated carbocycles. The Morgan fingerprint density at radius 3 is 2.79 bits per heavy atom. The molecule has 1 aliphatic heterocycles. The zero-order chi connectivity index (χ0) is 10.7. The van der Waals surface area contributed by atoms with Gasteiger partial charge in [-0.15, -0.1) is 0 Å². The molecule has 80 valence electrons. The summed E-state index contributed by atoms with van der Waals surface area (Å²) in [5, 5.41) is 11.2. The van der Waals surface area contributed by atoms with Crippen molar-refractivity contribution >= 4 is 12.1 Å². The first kappa shape index (κ1) is 10.8. The Balaban J connectivity index is 2.53. The molecule has 0 aliphatic carbocycles. The van der Waals surface area contributed by atoms with Gasteiger partial charge in [0.1, 0.15) is 6.10 Å². The van der Waals surface area contributed by atoms with Crippen LogP contribution in [0.4, 0.5) is 4.79 Å². The molecule has 0 unspecified atom stereocenters. The Morgan fingerprint density at radius 1 is 1.64 bits per heavy atom. The number of carboxylic acids is 1. The third-order valence-electron chi connectivity index (χ3n) is 2.11. The molecule has 5 nitrogen and oxygen atoms in total. The maximum atomic E-state index is 10.9. The minimum Gasteiger partial charge on any atom is -0.481 e. The van der Waals surface area contributed by atoms with Crippen LogP contribution in [0.1, 0.15) is 26.7 Å². The predicted octanol–water partition coefficient (Wildman–Crippen LogP) is 0.984. The van der Waals surface area contributed by atoms with Crippen LogP contribution in [0, 0.1) is 5.92 Å². The molecule has 1 heterocycles. The van der Waals surface area contributed by atoms with E-state index in [2.05, 4.69) is 5.32 Å². The second kappa shape index (κ2) is 4.30. The number of ether oxygens (including phenoxy) is 1. The maximum absolute atomic E-state index is 10.9. The lowest BCUT2D eigenvalue weighted by molar-refractivity contribution is -0.139. The molecule has 14 heavy (non-hydrogen) atoms. The summed E-state index contributed by atoms with van der Waals surface area (Å²) >= 11 is 0. The third kappa shape index (κ3) is 2.90. The van der Waals surface area contributed by atoms with Gasteiger partial charge in [0.15, 0.2) is 0 Å². The fraction of sp³-hybridized carbons (Fsp3) is 0.778. The van der Waals surface area contributed by atoms with Gasteiger partial charge in [0.2, 0.25) is 0 Å². The van der Waals surface area contributed by atoms with E-state index < -0.39 is 18.2 Å². The Labute approximate surface area is 82.4 Å². The van der Waals surface area contributed by atoms with E-state index >= 15 is 0 Å². The number of cyclic esters (lactones) is 1. The number of amides is 1. The van der Waals surface area contributed by atoms with Gasteiger partial charge in [0.05, 0.1) is 12.5 Å². The monoisotopic (exact) mass is 201 g/mol. The minimum atomic E-state index is -0.944. The van der Waals surface area contributed by atoms with Gasteiger partial charge in [0, 0.05) is 0 Å². The highest BCUT2D eigenvalue weighted by Crippen LogP contribution is 2.18. The second-order valence-corrected chi connectivity index (χ2v) is 3.92. The van der Waals surface area contributed by atoms with Crippen LogP contribution in [0.25, 0.3) is 0 Å². The Bertz CT molecular complexity index is 239. The van der Waals surface area contributed by atoms with Crippen molar-refractivity contribution < 1.29 is 19.4 Å². The first-order valence-corrected chi connectivity index (χ1v) is 4.68. The SMILES string of the molecule is CC(C)C[C@@H]1NC(=O)O[C@H]1CC(=O)O. The molecular formula is C9H15NO4. The zero-order valence-electron chi connectivity index (χ0n) is 8.32. The van der Waals surface area contributed by atoms with Crippen molar-refractivity contribution in [2.75, 3.05) is 0 Å². The van der Waals surface area contributed by atoms with Crippen molar-refractivity contribution in [3.8, 4) is 0 Å². The average Bonchev–Trinajstić information content (AvgIpc) is 2.28. The van der Waals surface area contributed by atoms with E-state index in [4.69, 9.17) is 9.84 Å². The molecule has 5 heteroatoms. The van der Waals surface area contributed by atoms with E-state index in [0.717, 1.165) is 6.42 Å². The molecule has 2 atom stereocenters. The van der Waals surface area contributed by atoms with Gasteiger partial charge in [-0.1, -0.05) is 13.8 Å². The lowest BCUT2D eigenvalue weighted by Gasteiger charge is -2.16. The first-order chi connectivity index (χ1) is 6.49. The summed E-state index contributed by atoms with van der Waals surface area (Å²) in [6, 6.07) is -0.168. The number of rotatable bonds is 4. The molecule has 1 amide bonds. The van der Waals surface area contributed by atoms with Crippen LogP contribution in [0.2, 0.25) is 0 Å². The number of nitrogens with one attached hydrogen (secondary N) is 1. The number of carboxylic acid groups (broad SMARTS) is 1. The van der Waals surface area contributed by atoms with E-state index in [0.29, 0.717) is 5.92 Å². The molecule has 0 aromatic heterocycles. The summed E-state index contributed by atoms with van der Waals surface area (Å²) < 4.78 is 4.85. The van der Waals surface area contributed by atoms with E-state index in [1.54, 1.807) is 0 Å². The molecular weight excluding hydrogens is 186 g/mol. The summed E-state index contributed by atoms with van der Waals surface area (Å²) in [6.45, 7) is 4.03. The van der Waals surface area contributed by atoms with Gasteiger partial charge < -0.3 is 15.2 Å².